The second-order valence-electron chi connectivity index (χ2n) is 5.67. The topological polar surface area (TPSA) is 56.7 Å². The van der Waals surface area contributed by atoms with Gasteiger partial charge in [0.15, 0.2) is 11.5 Å². The van der Waals surface area contributed by atoms with E-state index in [0.29, 0.717) is 42.2 Å². The lowest BCUT2D eigenvalue weighted by Crippen LogP contribution is -2.25. The van der Waals surface area contributed by atoms with E-state index in [2.05, 4.69) is 9.97 Å². The Bertz CT molecular complexity index is 874. The first-order valence-electron chi connectivity index (χ1n) is 8.39. The van der Waals surface area contributed by atoms with Gasteiger partial charge < -0.3 is 19.1 Å². The fourth-order valence-corrected chi connectivity index (χ4v) is 2.33. The van der Waals surface area contributed by atoms with Crippen LogP contribution in [-0.2, 0) is 0 Å². The maximum atomic E-state index is 13.0. The Morgan fingerprint density at radius 3 is 2.48 bits per heavy atom. The Labute approximate surface area is 157 Å². The van der Waals surface area contributed by atoms with E-state index >= 15 is 0 Å². The highest BCUT2D eigenvalue weighted by Crippen LogP contribution is 2.25. The molecule has 6 nitrogen and oxygen atoms in total. The maximum absolute atomic E-state index is 13.0. The largest absolute Gasteiger partial charge is 0.493 e. The van der Waals surface area contributed by atoms with E-state index in [9.17, 15) is 4.39 Å². The molecule has 7 heteroatoms. The van der Waals surface area contributed by atoms with Crippen LogP contribution in [0.1, 0.15) is 0 Å². The monoisotopic (exact) mass is 369 g/mol. The molecule has 0 amide bonds. The van der Waals surface area contributed by atoms with Crippen molar-refractivity contribution < 1.29 is 18.6 Å². The second kappa shape index (κ2) is 8.84. The lowest BCUT2D eigenvalue weighted by atomic mass is 10.3. The van der Waals surface area contributed by atoms with E-state index in [-0.39, 0.29) is 5.82 Å². The summed E-state index contributed by atoms with van der Waals surface area (Å²) in [4.78, 5) is 10.5. The number of anilines is 1. The molecule has 0 saturated heterocycles. The summed E-state index contributed by atoms with van der Waals surface area (Å²) >= 11 is 0. The van der Waals surface area contributed by atoms with Gasteiger partial charge in [-0.3, -0.25) is 0 Å². The summed E-state index contributed by atoms with van der Waals surface area (Å²) < 4.78 is 29.6. The standard InChI is InChI=1S/C20H20FN3O3/c1-24(13-14-26-18-6-4-3-5-17(18)25-2)20-22-12-11-19(23-20)27-16-9-7-15(21)8-10-16/h3-12H,13-14H2,1-2H3. The summed E-state index contributed by atoms with van der Waals surface area (Å²) in [5, 5.41) is 0. The first kappa shape index (κ1) is 18.4. The number of para-hydroxylation sites is 2. The normalized spacial score (nSPS) is 10.3. The van der Waals surface area contributed by atoms with Crippen molar-refractivity contribution in [2.45, 2.75) is 0 Å². The first-order valence-corrected chi connectivity index (χ1v) is 8.39. The van der Waals surface area contributed by atoms with Crippen molar-refractivity contribution in [1.82, 2.24) is 9.97 Å². The zero-order valence-electron chi connectivity index (χ0n) is 15.1. The van der Waals surface area contributed by atoms with Gasteiger partial charge in [0.1, 0.15) is 18.2 Å². The third kappa shape index (κ3) is 5.07. The molecular weight excluding hydrogens is 349 g/mol. The fourth-order valence-electron chi connectivity index (χ4n) is 2.33. The Kier molecular flexibility index (Phi) is 6.04. The number of halogens is 1. The molecule has 0 radical (unpaired) electrons. The van der Waals surface area contributed by atoms with Gasteiger partial charge >= 0.3 is 0 Å². The summed E-state index contributed by atoms with van der Waals surface area (Å²) in [6.45, 7) is 1.00. The van der Waals surface area contributed by atoms with Crippen molar-refractivity contribution in [2.75, 3.05) is 32.2 Å². The number of rotatable bonds is 8. The Morgan fingerprint density at radius 2 is 1.74 bits per heavy atom. The number of methoxy groups -OCH3 is 1. The zero-order chi connectivity index (χ0) is 19.1. The van der Waals surface area contributed by atoms with E-state index < -0.39 is 0 Å². The molecule has 0 spiro atoms. The number of nitrogens with zero attached hydrogens (tertiary/aromatic N) is 3. The molecule has 3 aromatic rings. The minimum Gasteiger partial charge on any atom is -0.493 e. The molecule has 0 aliphatic carbocycles. The number of aromatic nitrogens is 2. The van der Waals surface area contributed by atoms with Crippen LogP contribution in [-0.4, -0.2) is 37.3 Å². The lowest BCUT2D eigenvalue weighted by molar-refractivity contribution is 0.300. The van der Waals surface area contributed by atoms with Gasteiger partial charge in [-0.15, -0.1) is 0 Å². The fraction of sp³-hybridized carbons (Fsp3) is 0.200. The third-order valence-corrected chi connectivity index (χ3v) is 3.75. The molecule has 140 valence electrons. The van der Waals surface area contributed by atoms with Gasteiger partial charge in [-0.1, -0.05) is 12.1 Å². The average Bonchev–Trinajstić information content (AvgIpc) is 2.70. The minimum absolute atomic E-state index is 0.319. The lowest BCUT2D eigenvalue weighted by Gasteiger charge is -2.18. The molecule has 0 aliphatic rings. The van der Waals surface area contributed by atoms with Crippen LogP contribution in [0.2, 0.25) is 0 Å². The molecule has 0 unspecified atom stereocenters. The van der Waals surface area contributed by atoms with E-state index in [0.717, 1.165) is 0 Å². The van der Waals surface area contributed by atoms with Crippen LogP contribution in [0.3, 0.4) is 0 Å². The van der Waals surface area contributed by atoms with Crippen LogP contribution in [0.4, 0.5) is 10.3 Å². The molecule has 1 heterocycles. The molecule has 0 saturated carbocycles. The van der Waals surface area contributed by atoms with Gasteiger partial charge in [0.25, 0.3) is 0 Å². The van der Waals surface area contributed by atoms with Crippen LogP contribution in [0.5, 0.6) is 23.1 Å². The molecule has 1 aromatic heterocycles. The van der Waals surface area contributed by atoms with Gasteiger partial charge in [0, 0.05) is 19.3 Å². The molecule has 27 heavy (non-hydrogen) atoms. The number of likely N-dealkylation sites (N-methyl/N-ethyl adjacent to an activating group) is 1. The van der Waals surface area contributed by atoms with E-state index in [1.54, 1.807) is 31.5 Å². The van der Waals surface area contributed by atoms with Gasteiger partial charge in [-0.2, -0.15) is 4.98 Å². The Hall–Kier alpha value is -3.35. The maximum Gasteiger partial charge on any atom is 0.228 e. The number of benzene rings is 2. The van der Waals surface area contributed by atoms with Crippen molar-refractivity contribution >= 4 is 5.95 Å². The van der Waals surface area contributed by atoms with Crippen LogP contribution < -0.4 is 19.1 Å². The molecule has 0 atom stereocenters. The predicted octanol–water partition coefficient (Wildman–Crippen LogP) is 3.93. The molecule has 0 N–H and O–H groups in total. The van der Waals surface area contributed by atoms with Gasteiger partial charge in [0.2, 0.25) is 11.8 Å². The Morgan fingerprint density at radius 1 is 1.00 bits per heavy atom. The first-order chi connectivity index (χ1) is 13.2. The highest BCUT2D eigenvalue weighted by molar-refractivity contribution is 5.39. The number of hydrogen-bond donors (Lipinski definition) is 0. The summed E-state index contributed by atoms with van der Waals surface area (Å²) in [6.07, 6.45) is 1.61. The van der Waals surface area contributed by atoms with E-state index in [4.69, 9.17) is 14.2 Å². The van der Waals surface area contributed by atoms with Crippen molar-refractivity contribution in [3.63, 3.8) is 0 Å². The quantitative estimate of drug-likeness (QED) is 0.600. The van der Waals surface area contributed by atoms with Crippen molar-refractivity contribution in [3.05, 3.63) is 66.6 Å². The summed E-state index contributed by atoms with van der Waals surface area (Å²) in [7, 11) is 3.47. The van der Waals surface area contributed by atoms with E-state index in [1.807, 2.05) is 36.2 Å². The summed E-state index contributed by atoms with van der Waals surface area (Å²) in [6, 6.07) is 14.9. The van der Waals surface area contributed by atoms with Crippen molar-refractivity contribution in [1.29, 1.82) is 0 Å². The smallest absolute Gasteiger partial charge is 0.228 e. The van der Waals surface area contributed by atoms with Crippen LogP contribution in [0.15, 0.2) is 60.8 Å². The number of hydrogen-bond acceptors (Lipinski definition) is 6. The molecular formula is C20H20FN3O3. The molecule has 0 bridgehead atoms. The SMILES string of the molecule is COc1ccccc1OCCN(C)c1nccc(Oc2ccc(F)cc2)n1. The summed E-state index contributed by atoms with van der Waals surface area (Å²) in [5.74, 6) is 2.43. The zero-order valence-corrected chi connectivity index (χ0v) is 15.1. The molecule has 0 fully saturated rings. The number of ether oxygens (including phenoxy) is 3. The van der Waals surface area contributed by atoms with Crippen molar-refractivity contribution in [3.8, 4) is 23.1 Å². The van der Waals surface area contributed by atoms with Crippen LogP contribution in [0.25, 0.3) is 0 Å². The Balaban J connectivity index is 1.58. The van der Waals surface area contributed by atoms with E-state index in [1.165, 1.54) is 12.1 Å². The predicted molar refractivity (Wildman–Crippen MR) is 100 cm³/mol. The summed E-state index contributed by atoms with van der Waals surface area (Å²) in [5.41, 5.74) is 0. The van der Waals surface area contributed by atoms with Crippen LogP contribution >= 0.6 is 0 Å². The van der Waals surface area contributed by atoms with Gasteiger partial charge in [-0.25, -0.2) is 9.37 Å². The van der Waals surface area contributed by atoms with Crippen molar-refractivity contribution in [2.24, 2.45) is 0 Å². The highest BCUT2D eigenvalue weighted by atomic mass is 19.1. The van der Waals surface area contributed by atoms with Gasteiger partial charge in [-0.05, 0) is 36.4 Å². The highest BCUT2D eigenvalue weighted by Gasteiger charge is 2.08. The third-order valence-electron chi connectivity index (χ3n) is 3.75. The average molecular weight is 369 g/mol. The molecule has 0 aliphatic heterocycles. The molecule has 2 aromatic carbocycles. The van der Waals surface area contributed by atoms with Gasteiger partial charge in [0.05, 0.1) is 13.7 Å². The second-order valence-corrected chi connectivity index (χ2v) is 5.67. The minimum atomic E-state index is -0.319. The molecule has 3 rings (SSSR count). The van der Waals surface area contributed by atoms with Crippen LogP contribution in [0, 0.1) is 5.82 Å².